The van der Waals surface area contributed by atoms with Crippen LogP contribution >= 0.6 is 8.60 Å². The third-order valence-corrected chi connectivity index (χ3v) is 2.72. The van der Waals surface area contributed by atoms with E-state index >= 15 is 0 Å². The van der Waals surface area contributed by atoms with Crippen molar-refractivity contribution in [3.63, 3.8) is 0 Å². The number of benzene rings is 1. The fraction of sp³-hybridized carbons (Fsp3) is 0.273. The molecule has 8 heteroatoms. The molecule has 0 aliphatic carbocycles. The summed E-state index contributed by atoms with van der Waals surface area (Å²) < 4.78 is 14.0. The summed E-state index contributed by atoms with van der Waals surface area (Å²) in [6.45, 7) is 0. The minimum absolute atomic E-state index is 0.0833. The summed E-state index contributed by atoms with van der Waals surface area (Å²) in [5.41, 5.74) is 0.167. The number of carboxylic acid groups (broad SMARTS) is 2. The minimum Gasteiger partial charge on any atom is -0.478 e. The van der Waals surface area contributed by atoms with Crippen LogP contribution in [0.25, 0.3) is 0 Å². The van der Waals surface area contributed by atoms with Crippen molar-refractivity contribution in [1.82, 2.24) is 0 Å². The molecule has 1 aromatic carbocycles. The highest BCUT2D eigenvalue weighted by Crippen LogP contribution is 2.35. The van der Waals surface area contributed by atoms with Gasteiger partial charge in [-0.05, 0) is 24.3 Å². The van der Waals surface area contributed by atoms with Gasteiger partial charge in [-0.15, -0.1) is 0 Å². The molecule has 0 fully saturated rings. The Kier molecular flexibility index (Phi) is 8.65. The predicted molar refractivity (Wildman–Crippen MR) is 68.3 cm³/mol. The number of carboxylic acids is 2. The maximum absolute atomic E-state index is 10.3. The molecule has 19 heavy (non-hydrogen) atoms. The van der Waals surface area contributed by atoms with E-state index in [9.17, 15) is 9.59 Å². The Hall–Kier alpha value is -1.53. The molecular formula is C11H15O7P. The van der Waals surface area contributed by atoms with E-state index in [0.29, 0.717) is 0 Å². The summed E-state index contributed by atoms with van der Waals surface area (Å²) in [7, 11) is 3.57. The van der Waals surface area contributed by atoms with Gasteiger partial charge in [0, 0.05) is 21.3 Å². The van der Waals surface area contributed by atoms with E-state index in [1.807, 2.05) is 0 Å². The zero-order valence-corrected chi connectivity index (χ0v) is 11.6. The lowest BCUT2D eigenvalue weighted by Gasteiger charge is -2.05. The van der Waals surface area contributed by atoms with Gasteiger partial charge in [0.25, 0.3) is 0 Å². The average Bonchev–Trinajstić information content (AvgIpc) is 2.41. The van der Waals surface area contributed by atoms with E-state index in [-0.39, 0.29) is 11.1 Å². The lowest BCUT2D eigenvalue weighted by atomic mass is 10.1. The Bertz CT molecular complexity index is 361. The summed E-state index contributed by atoms with van der Waals surface area (Å²) in [6, 6.07) is 5.02. The normalized spacial score (nSPS) is 9.68. The molecule has 1 aromatic rings. The van der Waals surface area contributed by atoms with E-state index < -0.39 is 20.5 Å². The third-order valence-electron chi connectivity index (χ3n) is 1.83. The zero-order valence-electron chi connectivity index (χ0n) is 10.7. The van der Waals surface area contributed by atoms with Crippen LogP contribution in [0.2, 0.25) is 0 Å². The van der Waals surface area contributed by atoms with Gasteiger partial charge in [-0.25, -0.2) is 9.59 Å². The molecule has 0 heterocycles. The molecule has 0 amide bonds. The summed E-state index contributed by atoms with van der Waals surface area (Å²) in [6.07, 6.45) is 0. The van der Waals surface area contributed by atoms with Gasteiger partial charge in [-0.1, -0.05) is 0 Å². The van der Waals surface area contributed by atoms with Crippen LogP contribution in [0.3, 0.4) is 0 Å². The van der Waals surface area contributed by atoms with Gasteiger partial charge in [-0.3, -0.25) is 0 Å². The first-order valence-corrected chi connectivity index (χ1v) is 6.04. The molecule has 106 valence electrons. The first kappa shape index (κ1) is 17.5. The zero-order chi connectivity index (χ0) is 14.8. The lowest BCUT2D eigenvalue weighted by Crippen LogP contribution is -1.99. The topological polar surface area (TPSA) is 102 Å². The molecule has 0 atom stereocenters. The first-order valence-electron chi connectivity index (χ1n) is 4.95. The van der Waals surface area contributed by atoms with E-state index in [1.165, 1.54) is 24.3 Å². The second-order valence-electron chi connectivity index (χ2n) is 2.96. The van der Waals surface area contributed by atoms with Crippen LogP contribution in [0, 0.1) is 0 Å². The van der Waals surface area contributed by atoms with Gasteiger partial charge in [0.2, 0.25) is 0 Å². The largest absolute Gasteiger partial charge is 0.478 e. The Morgan fingerprint density at radius 3 is 1.21 bits per heavy atom. The molecule has 0 bridgehead atoms. The Morgan fingerprint density at radius 1 is 0.842 bits per heavy atom. The van der Waals surface area contributed by atoms with Crippen molar-refractivity contribution in [2.45, 2.75) is 0 Å². The molecular weight excluding hydrogens is 275 g/mol. The smallest absolute Gasteiger partial charge is 0.335 e. The molecule has 0 aliphatic heterocycles. The highest BCUT2D eigenvalue weighted by molar-refractivity contribution is 7.41. The number of rotatable bonds is 5. The maximum Gasteiger partial charge on any atom is 0.335 e. The highest BCUT2D eigenvalue weighted by Gasteiger charge is 2.04. The molecule has 0 spiro atoms. The summed E-state index contributed by atoms with van der Waals surface area (Å²) >= 11 is 0. The van der Waals surface area contributed by atoms with Gasteiger partial charge in [0.1, 0.15) is 0 Å². The van der Waals surface area contributed by atoms with Crippen molar-refractivity contribution in [1.29, 1.82) is 0 Å². The quantitative estimate of drug-likeness (QED) is 0.801. The number of aromatic carboxylic acids is 2. The first-order chi connectivity index (χ1) is 8.96. The Balaban J connectivity index is 0.000000399. The third kappa shape index (κ3) is 6.83. The van der Waals surface area contributed by atoms with Gasteiger partial charge in [0.05, 0.1) is 11.1 Å². The van der Waals surface area contributed by atoms with Crippen LogP contribution in [0.4, 0.5) is 0 Å². The van der Waals surface area contributed by atoms with Gasteiger partial charge in [0.15, 0.2) is 0 Å². The van der Waals surface area contributed by atoms with Crippen molar-refractivity contribution in [3.8, 4) is 0 Å². The fourth-order valence-electron chi connectivity index (χ4n) is 0.979. The molecule has 0 aliphatic rings. The van der Waals surface area contributed by atoms with E-state index in [1.54, 1.807) is 21.3 Å². The minimum atomic E-state index is -1.06. The van der Waals surface area contributed by atoms with Crippen LogP contribution in [0.15, 0.2) is 24.3 Å². The van der Waals surface area contributed by atoms with Crippen molar-refractivity contribution >= 4 is 20.5 Å². The van der Waals surface area contributed by atoms with Crippen LogP contribution in [0.1, 0.15) is 20.7 Å². The number of carbonyl (C=O) groups is 2. The van der Waals surface area contributed by atoms with Crippen molar-refractivity contribution in [2.24, 2.45) is 0 Å². The molecule has 0 aromatic heterocycles. The monoisotopic (exact) mass is 290 g/mol. The van der Waals surface area contributed by atoms with E-state index in [4.69, 9.17) is 10.2 Å². The summed E-state index contributed by atoms with van der Waals surface area (Å²) in [5.74, 6) is -2.13. The molecule has 1 rings (SSSR count). The molecule has 2 N–H and O–H groups in total. The molecule has 0 unspecified atom stereocenters. The van der Waals surface area contributed by atoms with Crippen LogP contribution in [0.5, 0.6) is 0 Å². The highest BCUT2D eigenvalue weighted by atomic mass is 31.2. The average molecular weight is 290 g/mol. The molecule has 0 saturated heterocycles. The van der Waals surface area contributed by atoms with Crippen molar-refractivity contribution in [2.75, 3.05) is 21.3 Å². The maximum atomic E-state index is 10.3. The predicted octanol–water partition coefficient (Wildman–Crippen LogP) is 2.24. The molecule has 0 saturated carbocycles. The van der Waals surface area contributed by atoms with Crippen molar-refractivity contribution < 1.29 is 33.4 Å². The van der Waals surface area contributed by atoms with Gasteiger partial charge >= 0.3 is 20.5 Å². The van der Waals surface area contributed by atoms with Crippen LogP contribution in [-0.4, -0.2) is 43.5 Å². The van der Waals surface area contributed by atoms with Gasteiger partial charge in [-0.2, -0.15) is 0 Å². The number of hydrogen-bond acceptors (Lipinski definition) is 5. The standard InChI is InChI=1S/C8H6O4.C3H9O3P/c9-7(10)5-1-2-6(4-3-5)8(11)12;1-4-7(5-2)6-3/h1-4H,(H,9,10)(H,11,12);1-3H3. The molecule has 0 radical (unpaired) electrons. The van der Waals surface area contributed by atoms with Crippen LogP contribution in [-0.2, 0) is 13.6 Å². The van der Waals surface area contributed by atoms with Crippen molar-refractivity contribution in [3.05, 3.63) is 35.4 Å². The second-order valence-corrected chi connectivity index (χ2v) is 4.50. The SMILES string of the molecule is COP(OC)OC.O=C(O)c1ccc(C(=O)O)cc1. The van der Waals surface area contributed by atoms with E-state index in [2.05, 4.69) is 13.6 Å². The summed E-state index contributed by atoms with van der Waals surface area (Å²) in [4.78, 5) is 20.7. The Labute approximate surface area is 111 Å². The van der Waals surface area contributed by atoms with Crippen LogP contribution < -0.4 is 0 Å². The summed E-state index contributed by atoms with van der Waals surface area (Å²) in [5, 5.41) is 16.9. The fourth-order valence-corrected chi connectivity index (χ4v) is 1.43. The number of hydrogen-bond donors (Lipinski definition) is 2. The molecule has 7 nitrogen and oxygen atoms in total. The van der Waals surface area contributed by atoms with E-state index in [0.717, 1.165) is 0 Å². The second kappa shape index (κ2) is 9.41. The Morgan fingerprint density at radius 2 is 1.11 bits per heavy atom. The lowest BCUT2D eigenvalue weighted by molar-refractivity contribution is 0.0681. The van der Waals surface area contributed by atoms with Gasteiger partial charge < -0.3 is 23.8 Å².